The van der Waals surface area contributed by atoms with Crippen LogP contribution in [0.4, 0.5) is 0 Å². The van der Waals surface area contributed by atoms with Gasteiger partial charge in [0.2, 0.25) is 0 Å². The lowest BCUT2D eigenvalue weighted by molar-refractivity contribution is -0.128. The molecule has 0 bridgehead atoms. The highest BCUT2D eigenvalue weighted by molar-refractivity contribution is 4.95. The Kier molecular flexibility index (Phi) is 2.70. The molecule has 74 valence electrons. The number of rotatable bonds is 0. The molecule has 2 aliphatic heterocycles. The first-order valence-corrected chi connectivity index (χ1v) is 5.21. The fraction of sp³-hybridized carbons (Fsp3) is 0.818. The smallest absolute Gasteiger partial charge is 0.0736 e. The van der Waals surface area contributed by atoms with Crippen molar-refractivity contribution in [1.82, 2.24) is 0 Å². The van der Waals surface area contributed by atoms with Crippen molar-refractivity contribution in [3.05, 3.63) is 12.2 Å². The SMILES string of the molecule is C[C@H]1C[C@]2(CCC=CCO2)CCO1. The molecule has 1 spiro atoms. The van der Waals surface area contributed by atoms with Gasteiger partial charge in [-0.15, -0.1) is 0 Å². The first kappa shape index (κ1) is 9.22. The van der Waals surface area contributed by atoms with Crippen LogP contribution in [0, 0.1) is 0 Å². The first-order valence-electron chi connectivity index (χ1n) is 5.21. The average molecular weight is 182 g/mol. The Hall–Kier alpha value is -0.340. The van der Waals surface area contributed by atoms with Crippen LogP contribution in [0.3, 0.4) is 0 Å². The van der Waals surface area contributed by atoms with Gasteiger partial charge in [0.1, 0.15) is 0 Å². The van der Waals surface area contributed by atoms with Crippen LogP contribution in [-0.4, -0.2) is 24.9 Å². The summed E-state index contributed by atoms with van der Waals surface area (Å²) < 4.78 is 11.5. The monoisotopic (exact) mass is 182 g/mol. The maximum atomic E-state index is 5.94. The van der Waals surface area contributed by atoms with Crippen molar-refractivity contribution in [3.8, 4) is 0 Å². The second-order valence-corrected chi connectivity index (χ2v) is 4.14. The van der Waals surface area contributed by atoms with Crippen LogP contribution in [-0.2, 0) is 9.47 Å². The van der Waals surface area contributed by atoms with Crippen molar-refractivity contribution >= 4 is 0 Å². The van der Waals surface area contributed by atoms with Crippen LogP contribution in [0.2, 0.25) is 0 Å². The summed E-state index contributed by atoms with van der Waals surface area (Å²) in [4.78, 5) is 0. The molecular formula is C11H18O2. The second-order valence-electron chi connectivity index (χ2n) is 4.14. The number of hydrogen-bond acceptors (Lipinski definition) is 2. The van der Waals surface area contributed by atoms with E-state index in [1.165, 1.54) is 0 Å². The summed E-state index contributed by atoms with van der Waals surface area (Å²) in [6.07, 6.45) is 9.19. The van der Waals surface area contributed by atoms with Crippen LogP contribution in [0.1, 0.15) is 32.6 Å². The zero-order chi connectivity index (χ0) is 9.15. The van der Waals surface area contributed by atoms with E-state index in [-0.39, 0.29) is 5.60 Å². The highest BCUT2D eigenvalue weighted by Crippen LogP contribution is 2.34. The number of hydrogen-bond donors (Lipinski definition) is 0. The topological polar surface area (TPSA) is 18.5 Å². The third-order valence-corrected chi connectivity index (χ3v) is 3.04. The summed E-state index contributed by atoms with van der Waals surface area (Å²) in [5, 5.41) is 0. The standard InChI is InChI=1S/C11H18O2/c1-10-9-11(6-8-12-10)5-3-2-4-7-13-11/h2,4,10H,3,5-9H2,1H3/t10-,11-/m0/s1. The van der Waals surface area contributed by atoms with Crippen molar-refractivity contribution in [2.24, 2.45) is 0 Å². The van der Waals surface area contributed by atoms with Crippen LogP contribution in [0.25, 0.3) is 0 Å². The molecule has 2 heteroatoms. The fourth-order valence-electron chi connectivity index (χ4n) is 2.32. The largest absolute Gasteiger partial charge is 0.378 e. The van der Waals surface area contributed by atoms with Crippen LogP contribution >= 0.6 is 0 Å². The van der Waals surface area contributed by atoms with Gasteiger partial charge in [0, 0.05) is 13.0 Å². The molecule has 2 heterocycles. The fourth-order valence-corrected chi connectivity index (χ4v) is 2.32. The lowest BCUT2D eigenvalue weighted by Crippen LogP contribution is -2.41. The predicted octanol–water partition coefficient (Wildman–Crippen LogP) is 2.29. The summed E-state index contributed by atoms with van der Waals surface area (Å²) in [7, 11) is 0. The molecule has 0 N–H and O–H groups in total. The molecule has 13 heavy (non-hydrogen) atoms. The first-order chi connectivity index (χ1) is 6.31. The van der Waals surface area contributed by atoms with Crippen molar-refractivity contribution in [2.75, 3.05) is 13.2 Å². The van der Waals surface area contributed by atoms with Crippen LogP contribution in [0.15, 0.2) is 12.2 Å². The normalized spacial score (nSPS) is 40.5. The molecule has 0 unspecified atom stereocenters. The van der Waals surface area contributed by atoms with E-state index in [9.17, 15) is 0 Å². The highest BCUT2D eigenvalue weighted by Gasteiger charge is 2.36. The van der Waals surface area contributed by atoms with Crippen molar-refractivity contribution in [3.63, 3.8) is 0 Å². The Morgan fingerprint density at radius 3 is 3.08 bits per heavy atom. The Bertz CT molecular complexity index is 188. The molecule has 2 nitrogen and oxygen atoms in total. The summed E-state index contributed by atoms with van der Waals surface area (Å²) in [5.41, 5.74) is 0.126. The molecule has 2 aliphatic rings. The maximum absolute atomic E-state index is 5.94. The summed E-state index contributed by atoms with van der Waals surface area (Å²) in [6.45, 7) is 3.79. The van der Waals surface area contributed by atoms with Gasteiger partial charge in [-0.2, -0.15) is 0 Å². The molecule has 0 aromatic rings. The van der Waals surface area contributed by atoms with Gasteiger partial charge in [-0.05, 0) is 26.2 Å². The molecule has 1 saturated heterocycles. The van der Waals surface area contributed by atoms with Gasteiger partial charge in [0.15, 0.2) is 0 Å². The van der Waals surface area contributed by atoms with E-state index >= 15 is 0 Å². The molecular weight excluding hydrogens is 164 g/mol. The maximum Gasteiger partial charge on any atom is 0.0736 e. The van der Waals surface area contributed by atoms with Crippen molar-refractivity contribution in [1.29, 1.82) is 0 Å². The molecule has 2 rings (SSSR count). The van der Waals surface area contributed by atoms with E-state index in [4.69, 9.17) is 9.47 Å². The van der Waals surface area contributed by atoms with E-state index in [2.05, 4.69) is 19.1 Å². The van der Waals surface area contributed by atoms with Crippen molar-refractivity contribution in [2.45, 2.75) is 44.3 Å². The van der Waals surface area contributed by atoms with Gasteiger partial charge in [-0.3, -0.25) is 0 Å². The summed E-state index contributed by atoms with van der Waals surface area (Å²) in [5.74, 6) is 0. The van der Waals surface area contributed by atoms with Gasteiger partial charge < -0.3 is 9.47 Å². The Labute approximate surface area is 79.9 Å². The lowest BCUT2D eigenvalue weighted by Gasteiger charge is -2.39. The van der Waals surface area contributed by atoms with E-state index in [1.54, 1.807) is 0 Å². The van der Waals surface area contributed by atoms with E-state index in [0.29, 0.717) is 6.10 Å². The van der Waals surface area contributed by atoms with Crippen LogP contribution < -0.4 is 0 Å². The molecule has 1 fully saturated rings. The second kappa shape index (κ2) is 3.81. The molecule has 0 aromatic carbocycles. The summed E-state index contributed by atoms with van der Waals surface area (Å²) >= 11 is 0. The Morgan fingerprint density at radius 1 is 1.31 bits per heavy atom. The quantitative estimate of drug-likeness (QED) is 0.535. The predicted molar refractivity (Wildman–Crippen MR) is 51.7 cm³/mol. The van der Waals surface area contributed by atoms with Gasteiger partial charge in [0.25, 0.3) is 0 Å². The lowest BCUT2D eigenvalue weighted by atomic mass is 9.86. The Morgan fingerprint density at radius 2 is 2.23 bits per heavy atom. The van der Waals surface area contributed by atoms with E-state index in [1.807, 2.05) is 0 Å². The van der Waals surface area contributed by atoms with E-state index in [0.717, 1.165) is 38.9 Å². The number of allylic oxidation sites excluding steroid dienone is 1. The zero-order valence-electron chi connectivity index (χ0n) is 8.29. The molecule has 0 radical (unpaired) electrons. The highest BCUT2D eigenvalue weighted by atomic mass is 16.5. The Balaban J connectivity index is 2.01. The third-order valence-electron chi connectivity index (χ3n) is 3.04. The minimum Gasteiger partial charge on any atom is -0.378 e. The van der Waals surface area contributed by atoms with E-state index < -0.39 is 0 Å². The third kappa shape index (κ3) is 2.12. The molecule has 0 aliphatic carbocycles. The molecule has 2 atom stereocenters. The number of ether oxygens (including phenoxy) is 2. The van der Waals surface area contributed by atoms with Gasteiger partial charge in [0.05, 0.1) is 18.3 Å². The molecule has 0 aromatic heterocycles. The minimum atomic E-state index is 0.126. The van der Waals surface area contributed by atoms with Crippen LogP contribution in [0.5, 0.6) is 0 Å². The van der Waals surface area contributed by atoms with Gasteiger partial charge in [-0.25, -0.2) is 0 Å². The van der Waals surface area contributed by atoms with Gasteiger partial charge >= 0.3 is 0 Å². The summed E-state index contributed by atoms with van der Waals surface area (Å²) in [6, 6.07) is 0. The minimum absolute atomic E-state index is 0.126. The van der Waals surface area contributed by atoms with Crippen molar-refractivity contribution < 1.29 is 9.47 Å². The van der Waals surface area contributed by atoms with Gasteiger partial charge in [-0.1, -0.05) is 12.2 Å². The molecule has 0 amide bonds. The average Bonchev–Trinajstić information content (AvgIpc) is 2.31. The molecule has 0 saturated carbocycles. The zero-order valence-corrected chi connectivity index (χ0v) is 8.29.